The SMILES string of the molecule is CC1(C)OB(c2ccc(C3(C#N)CCOCC3)cc2)OC1(C)C. The van der Waals surface area contributed by atoms with E-state index in [-0.39, 0.29) is 18.3 Å². The van der Waals surface area contributed by atoms with Gasteiger partial charge in [-0.15, -0.1) is 0 Å². The minimum absolute atomic E-state index is 0.342. The van der Waals surface area contributed by atoms with Crippen LogP contribution in [0.2, 0.25) is 0 Å². The summed E-state index contributed by atoms with van der Waals surface area (Å²) in [5.41, 5.74) is 0.943. The molecule has 0 spiro atoms. The molecule has 0 amide bonds. The van der Waals surface area contributed by atoms with E-state index in [9.17, 15) is 5.26 Å². The molecule has 0 bridgehead atoms. The van der Waals surface area contributed by atoms with Crippen LogP contribution in [0.1, 0.15) is 46.1 Å². The van der Waals surface area contributed by atoms with Gasteiger partial charge in [0, 0.05) is 13.2 Å². The second kappa shape index (κ2) is 5.63. The van der Waals surface area contributed by atoms with Gasteiger partial charge in [0.05, 0.1) is 22.7 Å². The topological polar surface area (TPSA) is 51.5 Å². The molecule has 0 radical (unpaired) electrons. The minimum atomic E-state index is -0.424. The van der Waals surface area contributed by atoms with Crippen LogP contribution >= 0.6 is 0 Å². The highest BCUT2D eigenvalue weighted by Crippen LogP contribution is 2.37. The molecule has 0 unspecified atom stereocenters. The van der Waals surface area contributed by atoms with E-state index in [1.165, 1.54) is 0 Å². The lowest BCUT2D eigenvalue weighted by Gasteiger charge is -2.32. The Morgan fingerprint density at radius 3 is 1.96 bits per heavy atom. The van der Waals surface area contributed by atoms with Crippen molar-refractivity contribution < 1.29 is 14.0 Å². The van der Waals surface area contributed by atoms with Crippen molar-refractivity contribution in [2.75, 3.05) is 13.2 Å². The van der Waals surface area contributed by atoms with Crippen molar-refractivity contribution in [3.63, 3.8) is 0 Å². The molecule has 2 saturated heterocycles. The highest BCUT2D eigenvalue weighted by atomic mass is 16.7. The van der Waals surface area contributed by atoms with Gasteiger partial charge in [-0.2, -0.15) is 5.26 Å². The molecule has 4 nitrogen and oxygen atoms in total. The van der Waals surface area contributed by atoms with E-state index in [1.807, 2.05) is 52.0 Å². The van der Waals surface area contributed by atoms with Crippen LogP contribution in [0.25, 0.3) is 0 Å². The Morgan fingerprint density at radius 1 is 0.957 bits per heavy atom. The molecule has 2 heterocycles. The number of hydrogen-bond donors (Lipinski definition) is 0. The number of benzene rings is 1. The Balaban J connectivity index is 1.82. The van der Waals surface area contributed by atoms with Gasteiger partial charge in [0.15, 0.2) is 0 Å². The van der Waals surface area contributed by atoms with Crippen molar-refractivity contribution in [2.45, 2.75) is 57.2 Å². The molecular weight excluding hydrogens is 289 g/mol. The molecule has 3 rings (SSSR count). The maximum atomic E-state index is 9.66. The fourth-order valence-electron chi connectivity index (χ4n) is 3.12. The highest BCUT2D eigenvalue weighted by molar-refractivity contribution is 6.62. The Labute approximate surface area is 138 Å². The van der Waals surface area contributed by atoms with Gasteiger partial charge in [0.2, 0.25) is 0 Å². The summed E-state index contributed by atoms with van der Waals surface area (Å²) >= 11 is 0. The molecule has 0 atom stereocenters. The van der Waals surface area contributed by atoms with E-state index in [4.69, 9.17) is 14.0 Å². The van der Waals surface area contributed by atoms with Crippen LogP contribution in [0, 0.1) is 11.3 Å². The van der Waals surface area contributed by atoms with Crippen LogP contribution in [0.3, 0.4) is 0 Å². The second-order valence-corrected chi connectivity index (χ2v) is 7.52. The first-order chi connectivity index (χ1) is 10.8. The predicted octanol–water partition coefficient (Wildman–Crippen LogP) is 2.56. The van der Waals surface area contributed by atoms with Gasteiger partial charge in [0.25, 0.3) is 0 Å². The van der Waals surface area contributed by atoms with Gasteiger partial charge in [-0.1, -0.05) is 24.3 Å². The first-order valence-corrected chi connectivity index (χ1v) is 8.25. The van der Waals surface area contributed by atoms with Gasteiger partial charge < -0.3 is 14.0 Å². The van der Waals surface area contributed by atoms with Crippen LogP contribution in [0.5, 0.6) is 0 Å². The fourth-order valence-corrected chi connectivity index (χ4v) is 3.12. The minimum Gasteiger partial charge on any atom is -0.399 e. The number of ether oxygens (including phenoxy) is 1. The van der Waals surface area contributed by atoms with Crippen molar-refractivity contribution >= 4 is 12.6 Å². The van der Waals surface area contributed by atoms with Crippen LogP contribution in [0.4, 0.5) is 0 Å². The summed E-state index contributed by atoms with van der Waals surface area (Å²) in [5, 5.41) is 9.66. The van der Waals surface area contributed by atoms with Gasteiger partial charge in [-0.3, -0.25) is 0 Å². The molecule has 122 valence electrons. The first kappa shape index (κ1) is 16.5. The van der Waals surface area contributed by atoms with E-state index in [1.54, 1.807) is 0 Å². The summed E-state index contributed by atoms with van der Waals surface area (Å²) in [6, 6.07) is 10.6. The van der Waals surface area contributed by atoms with Gasteiger partial charge in [-0.25, -0.2) is 0 Å². The lowest BCUT2D eigenvalue weighted by molar-refractivity contribution is 0.00578. The fraction of sp³-hybridized carbons (Fsp3) is 0.611. The molecule has 0 saturated carbocycles. The zero-order chi connectivity index (χ0) is 16.7. The van der Waals surface area contributed by atoms with Crippen molar-refractivity contribution in [1.82, 2.24) is 0 Å². The molecule has 2 aliphatic heterocycles. The summed E-state index contributed by atoms with van der Waals surface area (Å²) in [7, 11) is -0.359. The van der Waals surface area contributed by atoms with Crippen LogP contribution in [-0.2, 0) is 19.5 Å². The molecule has 0 aliphatic carbocycles. The van der Waals surface area contributed by atoms with E-state index in [0.717, 1.165) is 23.9 Å². The van der Waals surface area contributed by atoms with E-state index >= 15 is 0 Å². The Morgan fingerprint density at radius 2 is 1.48 bits per heavy atom. The smallest absolute Gasteiger partial charge is 0.399 e. The van der Waals surface area contributed by atoms with Crippen molar-refractivity contribution in [3.05, 3.63) is 29.8 Å². The Bertz CT molecular complexity index is 596. The zero-order valence-electron chi connectivity index (χ0n) is 14.4. The summed E-state index contributed by atoms with van der Waals surface area (Å²) < 4.78 is 17.6. The predicted molar refractivity (Wildman–Crippen MR) is 89.5 cm³/mol. The first-order valence-electron chi connectivity index (χ1n) is 8.25. The highest BCUT2D eigenvalue weighted by Gasteiger charge is 2.51. The lowest BCUT2D eigenvalue weighted by Crippen LogP contribution is -2.41. The number of hydrogen-bond acceptors (Lipinski definition) is 4. The summed E-state index contributed by atoms with van der Waals surface area (Å²) in [5.74, 6) is 0. The molecule has 2 fully saturated rings. The average molecular weight is 313 g/mol. The average Bonchev–Trinajstić information content (AvgIpc) is 2.76. The molecular formula is C18H24BNO3. The normalized spacial score (nSPS) is 25.1. The van der Waals surface area contributed by atoms with Crippen LogP contribution in [0.15, 0.2) is 24.3 Å². The molecule has 5 heteroatoms. The second-order valence-electron chi connectivity index (χ2n) is 7.52. The van der Waals surface area contributed by atoms with E-state index in [0.29, 0.717) is 13.2 Å². The zero-order valence-corrected chi connectivity index (χ0v) is 14.4. The lowest BCUT2D eigenvalue weighted by atomic mass is 9.73. The Kier molecular flexibility index (Phi) is 4.04. The van der Waals surface area contributed by atoms with Gasteiger partial charge in [-0.05, 0) is 51.6 Å². The maximum absolute atomic E-state index is 9.66. The molecule has 2 aliphatic rings. The third kappa shape index (κ3) is 2.80. The molecule has 1 aromatic rings. The summed E-state index contributed by atoms with van der Waals surface area (Å²) in [6.45, 7) is 9.49. The van der Waals surface area contributed by atoms with Gasteiger partial charge in [0.1, 0.15) is 0 Å². The standard InChI is InChI=1S/C18H24BNO3/c1-16(2)17(3,4)23-19(22-16)15-7-5-14(6-8-15)18(13-20)9-11-21-12-10-18/h5-8H,9-12H2,1-4H3. The largest absolute Gasteiger partial charge is 0.494 e. The molecule has 0 aromatic heterocycles. The number of rotatable bonds is 2. The van der Waals surface area contributed by atoms with Crippen LogP contribution < -0.4 is 5.46 Å². The van der Waals surface area contributed by atoms with Crippen LogP contribution in [-0.4, -0.2) is 31.5 Å². The summed E-state index contributed by atoms with van der Waals surface area (Å²) in [6.07, 6.45) is 1.50. The van der Waals surface area contributed by atoms with Crippen molar-refractivity contribution in [1.29, 1.82) is 5.26 Å². The van der Waals surface area contributed by atoms with E-state index < -0.39 is 5.41 Å². The summed E-state index contributed by atoms with van der Waals surface area (Å²) in [4.78, 5) is 0. The molecule has 0 N–H and O–H groups in total. The number of nitrogens with zero attached hydrogens (tertiary/aromatic N) is 1. The van der Waals surface area contributed by atoms with E-state index in [2.05, 4.69) is 6.07 Å². The molecule has 23 heavy (non-hydrogen) atoms. The molecule has 1 aromatic carbocycles. The van der Waals surface area contributed by atoms with Gasteiger partial charge >= 0.3 is 7.12 Å². The van der Waals surface area contributed by atoms with Crippen molar-refractivity contribution in [2.24, 2.45) is 0 Å². The maximum Gasteiger partial charge on any atom is 0.494 e. The number of nitriles is 1. The quantitative estimate of drug-likeness (QED) is 0.788. The third-order valence-corrected chi connectivity index (χ3v) is 5.55. The Hall–Kier alpha value is -1.35. The monoisotopic (exact) mass is 313 g/mol. The third-order valence-electron chi connectivity index (χ3n) is 5.55. The van der Waals surface area contributed by atoms with Crippen molar-refractivity contribution in [3.8, 4) is 6.07 Å².